The molecule has 2 atom stereocenters. The molecule has 1 N–H and O–H groups in total. The van der Waals surface area contributed by atoms with Crippen molar-refractivity contribution in [1.29, 1.82) is 0 Å². The number of aliphatic hydroxyl groups excluding tert-OH is 1. The Labute approximate surface area is 104 Å². The van der Waals surface area contributed by atoms with Crippen molar-refractivity contribution in [3.05, 3.63) is 0 Å². The van der Waals surface area contributed by atoms with Crippen molar-refractivity contribution in [1.82, 2.24) is 0 Å². The minimum Gasteiger partial charge on any atom is -0.378 e. The first-order chi connectivity index (χ1) is 8.05. The summed E-state index contributed by atoms with van der Waals surface area (Å²) in [5, 5.41) is 9.81. The molecule has 1 aliphatic heterocycles. The van der Waals surface area contributed by atoms with Gasteiger partial charge in [0.05, 0.1) is 6.61 Å². The van der Waals surface area contributed by atoms with Crippen molar-refractivity contribution >= 4 is 0 Å². The van der Waals surface area contributed by atoms with Crippen LogP contribution in [0.5, 0.6) is 0 Å². The normalized spacial score (nSPS) is 24.1. The number of aliphatic hydroxyl groups is 1. The molecule has 1 rings (SSSR count). The summed E-state index contributed by atoms with van der Waals surface area (Å²) < 4.78 is 10.9. The summed E-state index contributed by atoms with van der Waals surface area (Å²) in [5.41, 5.74) is 0. The molecule has 0 bridgehead atoms. The third kappa shape index (κ3) is 5.54. The van der Waals surface area contributed by atoms with Gasteiger partial charge in [-0.05, 0) is 20.3 Å². The van der Waals surface area contributed by atoms with E-state index in [9.17, 15) is 5.11 Å². The van der Waals surface area contributed by atoms with Crippen molar-refractivity contribution in [3.8, 4) is 11.8 Å². The van der Waals surface area contributed by atoms with Gasteiger partial charge in [0, 0.05) is 6.42 Å². The van der Waals surface area contributed by atoms with Gasteiger partial charge >= 0.3 is 0 Å². The zero-order valence-electron chi connectivity index (χ0n) is 11.2. The molecule has 17 heavy (non-hydrogen) atoms. The first-order valence-corrected chi connectivity index (χ1v) is 6.53. The standard InChI is InChI=1S/C14H24O3/c1-4-5-6-7-8-9-10-12(15)13-11-16-14(2,3)17-13/h12-13,15H,4-8,11H2,1-3H3/t12-,13+/m0/s1. The summed E-state index contributed by atoms with van der Waals surface area (Å²) in [6, 6.07) is 0. The Morgan fingerprint density at radius 2 is 2.12 bits per heavy atom. The summed E-state index contributed by atoms with van der Waals surface area (Å²) in [5.74, 6) is 5.26. The van der Waals surface area contributed by atoms with Gasteiger partial charge in [-0.3, -0.25) is 0 Å². The lowest BCUT2D eigenvalue weighted by Crippen LogP contribution is -2.29. The van der Waals surface area contributed by atoms with Gasteiger partial charge < -0.3 is 14.6 Å². The van der Waals surface area contributed by atoms with E-state index in [1.165, 1.54) is 19.3 Å². The summed E-state index contributed by atoms with van der Waals surface area (Å²) >= 11 is 0. The van der Waals surface area contributed by atoms with Crippen LogP contribution in [0.15, 0.2) is 0 Å². The molecule has 98 valence electrons. The number of unbranched alkanes of at least 4 members (excludes halogenated alkanes) is 4. The Bertz CT molecular complexity index is 275. The highest BCUT2D eigenvalue weighted by Gasteiger charge is 2.36. The van der Waals surface area contributed by atoms with Gasteiger partial charge in [0.2, 0.25) is 0 Å². The van der Waals surface area contributed by atoms with E-state index in [1.54, 1.807) is 0 Å². The van der Waals surface area contributed by atoms with Crippen LogP contribution < -0.4 is 0 Å². The van der Waals surface area contributed by atoms with Gasteiger partial charge in [-0.2, -0.15) is 0 Å². The van der Waals surface area contributed by atoms with Crippen LogP contribution in [0.1, 0.15) is 52.9 Å². The summed E-state index contributed by atoms with van der Waals surface area (Å²) in [7, 11) is 0. The molecule has 1 aliphatic rings. The van der Waals surface area contributed by atoms with Crippen molar-refractivity contribution in [2.75, 3.05) is 6.61 Å². The summed E-state index contributed by atoms with van der Waals surface area (Å²) in [6.07, 6.45) is 4.64. The van der Waals surface area contributed by atoms with E-state index in [-0.39, 0.29) is 6.10 Å². The minimum atomic E-state index is -0.733. The maximum atomic E-state index is 9.81. The molecule has 1 fully saturated rings. The SMILES string of the molecule is CCCCCCC#C[C@H](O)[C@H]1COC(C)(C)O1. The van der Waals surface area contributed by atoms with E-state index in [0.717, 1.165) is 12.8 Å². The fourth-order valence-corrected chi connectivity index (χ4v) is 1.78. The molecule has 0 saturated carbocycles. The lowest BCUT2D eigenvalue weighted by atomic mass is 10.1. The molecule has 0 unspecified atom stereocenters. The zero-order valence-corrected chi connectivity index (χ0v) is 11.2. The topological polar surface area (TPSA) is 38.7 Å². The minimum absolute atomic E-state index is 0.312. The molecule has 3 nitrogen and oxygen atoms in total. The number of hydrogen-bond acceptors (Lipinski definition) is 3. The van der Waals surface area contributed by atoms with E-state index >= 15 is 0 Å². The third-order valence-corrected chi connectivity index (χ3v) is 2.79. The van der Waals surface area contributed by atoms with Crippen molar-refractivity contribution in [2.45, 2.75) is 70.9 Å². The molecule has 0 amide bonds. The molecule has 0 aromatic carbocycles. The fraction of sp³-hybridized carbons (Fsp3) is 0.857. The molecular weight excluding hydrogens is 216 g/mol. The second-order valence-electron chi connectivity index (χ2n) is 4.94. The Morgan fingerprint density at radius 1 is 1.35 bits per heavy atom. The van der Waals surface area contributed by atoms with E-state index in [1.807, 2.05) is 13.8 Å². The number of hydrogen-bond donors (Lipinski definition) is 1. The van der Waals surface area contributed by atoms with Gasteiger partial charge in [0.25, 0.3) is 0 Å². The molecule has 1 heterocycles. The van der Waals surface area contributed by atoms with Crippen LogP contribution in [0.3, 0.4) is 0 Å². The highest BCUT2D eigenvalue weighted by molar-refractivity contribution is 5.07. The number of rotatable bonds is 5. The van der Waals surface area contributed by atoms with E-state index in [2.05, 4.69) is 18.8 Å². The molecule has 1 saturated heterocycles. The van der Waals surface area contributed by atoms with Gasteiger partial charge in [-0.1, -0.05) is 32.1 Å². The van der Waals surface area contributed by atoms with Crippen LogP contribution in [-0.2, 0) is 9.47 Å². The predicted octanol–water partition coefficient (Wildman–Crippen LogP) is 2.47. The molecule has 0 aromatic heterocycles. The molecular formula is C14H24O3. The quantitative estimate of drug-likeness (QED) is 0.592. The number of ether oxygens (including phenoxy) is 2. The zero-order chi connectivity index (χ0) is 12.7. The smallest absolute Gasteiger partial charge is 0.163 e. The monoisotopic (exact) mass is 240 g/mol. The lowest BCUT2D eigenvalue weighted by molar-refractivity contribution is -0.146. The average Bonchev–Trinajstić information content (AvgIpc) is 2.64. The maximum absolute atomic E-state index is 9.81. The molecule has 0 aromatic rings. The Hall–Kier alpha value is -0.560. The van der Waals surface area contributed by atoms with Crippen LogP contribution in [0.4, 0.5) is 0 Å². The van der Waals surface area contributed by atoms with E-state index < -0.39 is 11.9 Å². The molecule has 3 heteroatoms. The van der Waals surface area contributed by atoms with Crippen LogP contribution in [0.2, 0.25) is 0 Å². The first-order valence-electron chi connectivity index (χ1n) is 6.53. The third-order valence-electron chi connectivity index (χ3n) is 2.79. The second kappa shape index (κ2) is 7.00. The van der Waals surface area contributed by atoms with Crippen LogP contribution in [0.25, 0.3) is 0 Å². The molecule has 0 aliphatic carbocycles. The largest absolute Gasteiger partial charge is 0.378 e. The lowest BCUT2D eigenvalue weighted by Gasteiger charge is -2.17. The van der Waals surface area contributed by atoms with Crippen LogP contribution in [0, 0.1) is 11.8 Å². The van der Waals surface area contributed by atoms with E-state index in [0.29, 0.717) is 6.61 Å². The molecule has 0 radical (unpaired) electrons. The Kier molecular flexibility index (Phi) is 5.97. The first kappa shape index (κ1) is 14.5. The van der Waals surface area contributed by atoms with E-state index in [4.69, 9.17) is 9.47 Å². The fourth-order valence-electron chi connectivity index (χ4n) is 1.78. The Morgan fingerprint density at radius 3 is 2.71 bits per heavy atom. The Balaban J connectivity index is 2.20. The highest BCUT2D eigenvalue weighted by atomic mass is 16.7. The van der Waals surface area contributed by atoms with Crippen LogP contribution >= 0.6 is 0 Å². The van der Waals surface area contributed by atoms with Gasteiger partial charge in [-0.15, -0.1) is 5.92 Å². The maximum Gasteiger partial charge on any atom is 0.163 e. The second-order valence-corrected chi connectivity index (χ2v) is 4.94. The van der Waals surface area contributed by atoms with Crippen molar-refractivity contribution < 1.29 is 14.6 Å². The average molecular weight is 240 g/mol. The summed E-state index contributed by atoms with van der Waals surface area (Å²) in [6.45, 7) is 6.29. The van der Waals surface area contributed by atoms with Crippen LogP contribution in [-0.4, -0.2) is 29.7 Å². The van der Waals surface area contributed by atoms with Gasteiger partial charge in [-0.25, -0.2) is 0 Å². The molecule has 0 spiro atoms. The van der Waals surface area contributed by atoms with Crippen molar-refractivity contribution in [3.63, 3.8) is 0 Å². The summed E-state index contributed by atoms with van der Waals surface area (Å²) in [4.78, 5) is 0. The van der Waals surface area contributed by atoms with Crippen molar-refractivity contribution in [2.24, 2.45) is 0 Å². The van der Waals surface area contributed by atoms with Gasteiger partial charge in [0.1, 0.15) is 12.2 Å². The van der Waals surface area contributed by atoms with Gasteiger partial charge in [0.15, 0.2) is 5.79 Å². The highest BCUT2D eigenvalue weighted by Crippen LogP contribution is 2.23. The predicted molar refractivity (Wildman–Crippen MR) is 67.4 cm³/mol.